The average Bonchev–Trinajstić information content (AvgIpc) is 1.38. The number of imide groups is 1. The number of hydrogen-bond acceptors (Lipinski definition) is 15. The lowest BCUT2D eigenvalue weighted by Crippen LogP contribution is -2.71. The number of nitrogens with two attached hydrogens (primary N) is 1. The van der Waals surface area contributed by atoms with E-state index in [4.69, 9.17) is 24.7 Å². The number of unbranched alkanes of at least 4 members (excludes halogenated alkanes) is 2. The summed E-state index contributed by atoms with van der Waals surface area (Å²) < 4.78 is 57.9. The Kier molecular flexibility index (Phi) is 20.3. The molecule has 2 aliphatic heterocycles. The summed E-state index contributed by atoms with van der Waals surface area (Å²) in [5, 5.41) is 22.7. The minimum Gasteiger partial charge on any atom is -0.454 e. The maximum Gasteiger partial charge on any atom is 0.407 e. The molecule has 0 spiro atoms. The number of halogens is 2. The second kappa shape index (κ2) is 27.0. The van der Waals surface area contributed by atoms with Gasteiger partial charge in [-0.15, -0.1) is 0 Å². The third kappa shape index (κ3) is 13.4. The Hall–Kier alpha value is -7.50. The first-order valence-electron chi connectivity index (χ1n) is 29.6. The smallest absolute Gasteiger partial charge is 0.407 e. The number of fused-ring (bicyclic) bond motifs is 7. The molecule has 4 aliphatic carbocycles. The van der Waals surface area contributed by atoms with E-state index in [1.807, 2.05) is 6.92 Å². The molecule has 464 valence electrons. The molecule has 12 atom stereocenters. The number of nitrogens with one attached hydrogen (secondary N) is 4. The van der Waals surface area contributed by atoms with Crippen molar-refractivity contribution in [2.45, 2.75) is 167 Å². The van der Waals surface area contributed by atoms with Crippen molar-refractivity contribution in [3.05, 3.63) is 101 Å². The Morgan fingerprint density at radius 3 is 2.24 bits per heavy atom. The van der Waals surface area contributed by atoms with Crippen LogP contribution in [0.15, 0.2) is 84.5 Å². The summed E-state index contributed by atoms with van der Waals surface area (Å²) in [7, 11) is 0. The number of Topliss-reactive ketones (excluding diaryl/α,β-unsaturated/α-hetero) is 2. The zero-order valence-corrected chi connectivity index (χ0v) is 49.2. The summed E-state index contributed by atoms with van der Waals surface area (Å²) in [6, 6.07) is 10.9. The normalized spacial score (nSPS) is 28.5. The van der Waals surface area contributed by atoms with Crippen molar-refractivity contribution in [1.29, 1.82) is 0 Å². The van der Waals surface area contributed by atoms with Gasteiger partial charge in [-0.2, -0.15) is 0 Å². The highest BCUT2D eigenvalue weighted by molar-refractivity contribution is 6.12. The molecule has 7 N–H and O–H groups in total. The Balaban J connectivity index is 0.797. The summed E-state index contributed by atoms with van der Waals surface area (Å²) >= 11 is 0. The Morgan fingerprint density at radius 2 is 1.57 bits per heavy atom. The first-order valence-corrected chi connectivity index (χ1v) is 29.6. The lowest BCUT2D eigenvalue weighted by molar-refractivity contribution is -0.234. The van der Waals surface area contributed by atoms with E-state index >= 15 is 8.78 Å². The third-order valence-corrected chi connectivity index (χ3v) is 18.3. The predicted molar refractivity (Wildman–Crippen MR) is 306 cm³/mol. The number of hydrogen-bond donors (Lipinski definition) is 6. The number of anilines is 1. The zero-order valence-electron chi connectivity index (χ0n) is 49.2. The van der Waals surface area contributed by atoms with Gasteiger partial charge in [0.2, 0.25) is 17.6 Å². The van der Waals surface area contributed by atoms with Crippen LogP contribution in [0.5, 0.6) is 0 Å². The number of ether oxygens (including phenoxy) is 4. The highest BCUT2D eigenvalue weighted by atomic mass is 19.1. The quantitative estimate of drug-likeness (QED) is 0.0310. The number of urea groups is 1. The molecule has 6 aliphatic rings. The van der Waals surface area contributed by atoms with Gasteiger partial charge < -0.3 is 51.1 Å². The summed E-state index contributed by atoms with van der Waals surface area (Å²) in [5.41, 5.74) is -0.166. The van der Waals surface area contributed by atoms with Gasteiger partial charge in [-0.1, -0.05) is 70.9 Å². The van der Waals surface area contributed by atoms with E-state index in [-0.39, 0.29) is 105 Å². The van der Waals surface area contributed by atoms with Gasteiger partial charge in [-0.25, -0.2) is 23.2 Å². The number of nitrogens with zero attached hydrogens (tertiary/aromatic N) is 1. The second-order valence-corrected chi connectivity index (χ2v) is 24.2. The summed E-state index contributed by atoms with van der Waals surface area (Å²) in [6.07, 6.45) is 2.94. The van der Waals surface area contributed by atoms with Gasteiger partial charge in [0.25, 0.3) is 11.8 Å². The molecule has 0 bridgehead atoms. The number of alkyl halides is 2. The summed E-state index contributed by atoms with van der Waals surface area (Å²) in [6.45, 7) is 8.27. The fourth-order valence-electron chi connectivity index (χ4n) is 13.8. The second-order valence-electron chi connectivity index (χ2n) is 24.2. The lowest BCUT2D eigenvalue weighted by atomic mass is 9.44. The van der Waals surface area contributed by atoms with E-state index in [1.54, 1.807) is 57.2 Å². The lowest BCUT2D eigenvalue weighted by Gasteiger charge is -2.63. The number of allylic oxidation sites excluding steroid dienone is 4. The number of rotatable bonds is 27. The van der Waals surface area contributed by atoms with Crippen LogP contribution in [-0.2, 0) is 65.7 Å². The highest BCUT2D eigenvalue weighted by Crippen LogP contribution is 2.72. The molecule has 86 heavy (non-hydrogen) atoms. The standard InChI is InChI=1S/C63H78F2N6O15/c1-6-11-54-85-50-31-43-44-30-46(64)45-29-42(72)24-25-60(45,4)62(44,65)48(74)32-61(43,5)63(50,86-54)49(75)35-83-57(80)39-18-14-37(15-19-39)33-68-59(82)84-34-38-16-20-41(21-17-38)69-56(79)40(12-10-26-67-58(66)81)28-47(73)55(36(2)3)70-51(76)13-8-7-9-27-71-52(77)22-23-53(71)78/h14-25,29,36,40,43-44,46,48,50,54-55,74H,6-13,26-28,30-35H2,1-5H3,(H,68,82)(H,69,79)(H,70,76)(H3,66,67,81)/t40-,43+,44+,46+,48+,50-,54?,55+,60+,61+,62+,63-/m1/s1. The molecule has 21 nitrogen and oxygen atoms in total. The number of alkyl carbamates (subject to hydrolysis) is 1. The highest BCUT2D eigenvalue weighted by Gasteiger charge is 2.80. The Labute approximate surface area is 497 Å². The van der Waals surface area contributed by atoms with E-state index in [0.717, 1.165) is 11.0 Å². The largest absolute Gasteiger partial charge is 0.454 e. The molecule has 2 aromatic carbocycles. The Morgan fingerprint density at radius 1 is 0.872 bits per heavy atom. The van der Waals surface area contributed by atoms with Gasteiger partial charge in [0.15, 0.2) is 35.7 Å². The molecule has 4 fully saturated rings. The molecule has 2 aromatic rings. The maximum absolute atomic E-state index is 17.9. The van der Waals surface area contributed by atoms with Crippen LogP contribution in [0.3, 0.4) is 0 Å². The molecular weight excluding hydrogens is 1120 g/mol. The monoisotopic (exact) mass is 1200 g/mol. The molecular formula is C63H78F2N6O15. The van der Waals surface area contributed by atoms with Crippen LogP contribution in [0.1, 0.15) is 133 Å². The van der Waals surface area contributed by atoms with E-state index in [2.05, 4.69) is 21.3 Å². The molecule has 2 heterocycles. The van der Waals surface area contributed by atoms with Crippen molar-refractivity contribution in [3.8, 4) is 0 Å². The van der Waals surface area contributed by atoms with Gasteiger partial charge in [-0.3, -0.25) is 38.5 Å². The number of primary amides is 1. The molecule has 1 unspecified atom stereocenters. The van der Waals surface area contributed by atoms with Gasteiger partial charge in [0, 0.05) is 73.0 Å². The van der Waals surface area contributed by atoms with Crippen molar-refractivity contribution in [3.63, 3.8) is 0 Å². The average molecular weight is 1200 g/mol. The molecule has 7 amide bonds. The summed E-state index contributed by atoms with van der Waals surface area (Å²) in [5.74, 6) is -6.74. The van der Waals surface area contributed by atoms with Crippen LogP contribution in [0.4, 0.5) is 24.1 Å². The van der Waals surface area contributed by atoms with Crippen LogP contribution >= 0.6 is 0 Å². The number of aliphatic hydroxyl groups excluding tert-OH is 1. The first-order chi connectivity index (χ1) is 40.8. The van der Waals surface area contributed by atoms with Crippen LogP contribution in [0, 0.1) is 34.5 Å². The number of aliphatic hydroxyl groups is 1. The molecule has 0 radical (unpaired) electrons. The molecule has 3 saturated carbocycles. The fraction of sp³-hybridized carbons (Fsp3) is 0.556. The van der Waals surface area contributed by atoms with Gasteiger partial charge in [-0.05, 0) is 123 Å². The number of carbonyl (C=O) groups is 10. The number of benzene rings is 2. The van der Waals surface area contributed by atoms with E-state index < -0.39 is 113 Å². The first kappa shape index (κ1) is 64.5. The van der Waals surface area contributed by atoms with Crippen molar-refractivity contribution in [2.24, 2.45) is 40.2 Å². The minimum atomic E-state index is -2.38. The molecule has 1 saturated heterocycles. The fourth-order valence-corrected chi connectivity index (χ4v) is 13.8. The number of ketones is 3. The van der Waals surface area contributed by atoms with Crippen LogP contribution in [0.25, 0.3) is 0 Å². The summed E-state index contributed by atoms with van der Waals surface area (Å²) in [4.78, 5) is 130. The number of amides is 7. The van der Waals surface area contributed by atoms with E-state index in [9.17, 15) is 53.1 Å². The van der Waals surface area contributed by atoms with Gasteiger partial charge in [0.05, 0.1) is 23.8 Å². The zero-order chi connectivity index (χ0) is 62.3. The van der Waals surface area contributed by atoms with Crippen LogP contribution < -0.4 is 27.0 Å². The van der Waals surface area contributed by atoms with Crippen molar-refractivity contribution in [2.75, 3.05) is 25.0 Å². The van der Waals surface area contributed by atoms with Gasteiger partial charge >= 0.3 is 18.1 Å². The van der Waals surface area contributed by atoms with E-state index in [0.29, 0.717) is 55.3 Å². The number of esters is 1. The molecule has 0 aromatic heterocycles. The van der Waals surface area contributed by atoms with Gasteiger partial charge in [0.1, 0.15) is 12.8 Å². The van der Waals surface area contributed by atoms with Crippen molar-refractivity contribution < 1.29 is 80.8 Å². The number of carbonyl (C=O) groups excluding carboxylic acids is 10. The molecule has 23 heteroatoms. The van der Waals surface area contributed by atoms with Crippen LogP contribution in [0.2, 0.25) is 0 Å². The Bertz CT molecular complexity index is 3030. The SMILES string of the molecule is CCCC1O[C@@H]2C[C@H]3[C@@H]4C[C@H](F)C5=CC(=O)C=C[C@]5(C)[C@@]4(F)[C@@H](O)C[C@]3(C)[C@]2(C(=O)COC(=O)c2ccc(CNC(=O)OCc3ccc(NC(=O)[C@H](CCCNC(N)=O)CC(=O)[C@@H](NC(=O)CCCCCN4C(=O)C=CC4=O)C(C)C)cc3)cc2)O1. The van der Waals surface area contributed by atoms with E-state index in [1.165, 1.54) is 43.4 Å². The molecule has 8 rings (SSSR count). The van der Waals surface area contributed by atoms with Crippen molar-refractivity contribution in [1.82, 2.24) is 20.9 Å². The van der Waals surface area contributed by atoms with Crippen LogP contribution in [-0.4, -0.2) is 131 Å². The minimum absolute atomic E-state index is 0.0124. The topological polar surface area (TPSA) is 305 Å². The van der Waals surface area contributed by atoms with Crippen molar-refractivity contribution >= 4 is 64.8 Å². The third-order valence-electron chi connectivity index (χ3n) is 18.3. The maximum atomic E-state index is 17.9. The predicted octanol–water partition coefficient (Wildman–Crippen LogP) is 6.64.